The molecule has 1 aromatic heterocycles. The number of carbonyl (C=O) groups excluding carboxylic acids is 1. The summed E-state index contributed by atoms with van der Waals surface area (Å²) in [6, 6.07) is 6.61. The average Bonchev–Trinajstić information content (AvgIpc) is 2.60. The van der Waals surface area contributed by atoms with Gasteiger partial charge >= 0.3 is 5.97 Å². The van der Waals surface area contributed by atoms with E-state index < -0.39 is 11.5 Å². The molecule has 0 amide bonds. The van der Waals surface area contributed by atoms with Crippen LogP contribution in [0.25, 0.3) is 0 Å². The van der Waals surface area contributed by atoms with Crippen LogP contribution >= 0.6 is 11.6 Å². The van der Waals surface area contributed by atoms with E-state index in [0.717, 1.165) is 5.56 Å². The lowest BCUT2D eigenvalue weighted by Crippen LogP contribution is -2.22. The molecule has 0 aliphatic carbocycles. The number of aliphatic hydroxyl groups is 1. The highest BCUT2D eigenvalue weighted by molar-refractivity contribution is 6.31. The number of aromatic amines is 1. The molecular formula is C18H21ClN2O5. The number of nitrogens with zero attached hydrogens (tertiary/aromatic N) is 1. The zero-order valence-electron chi connectivity index (χ0n) is 14.8. The molecule has 0 aliphatic heterocycles. The van der Waals surface area contributed by atoms with Gasteiger partial charge in [-0.15, -0.1) is 0 Å². The number of H-pyrrole nitrogens is 1. The van der Waals surface area contributed by atoms with Crippen LogP contribution < -0.4 is 10.3 Å². The van der Waals surface area contributed by atoms with Crippen molar-refractivity contribution in [2.24, 2.45) is 0 Å². The highest BCUT2D eigenvalue weighted by Crippen LogP contribution is 2.33. The van der Waals surface area contributed by atoms with E-state index in [9.17, 15) is 9.59 Å². The maximum Gasteiger partial charge on any atom is 0.338 e. The Morgan fingerprint density at radius 3 is 2.50 bits per heavy atom. The number of hydrogen-bond acceptors (Lipinski definition) is 6. The first kappa shape index (κ1) is 19.9. The number of benzene rings is 1. The fraction of sp³-hybridized carbons (Fsp3) is 0.389. The van der Waals surface area contributed by atoms with E-state index in [0.29, 0.717) is 11.3 Å². The maximum absolute atomic E-state index is 11.7. The summed E-state index contributed by atoms with van der Waals surface area (Å²) in [6.07, 6.45) is 0. The summed E-state index contributed by atoms with van der Waals surface area (Å²) in [5.74, 6) is -0.266. The summed E-state index contributed by atoms with van der Waals surface area (Å²) in [5, 5.41) is 15.0. The van der Waals surface area contributed by atoms with Crippen molar-refractivity contribution in [3.8, 4) is 5.75 Å². The number of aliphatic hydroxyl groups excluding tert-OH is 1. The van der Waals surface area contributed by atoms with Gasteiger partial charge in [-0.1, -0.05) is 44.5 Å². The lowest BCUT2D eigenvalue weighted by atomic mass is 9.91. The Balaban J connectivity index is 2.15. The van der Waals surface area contributed by atoms with Crippen LogP contribution in [0.3, 0.4) is 0 Å². The summed E-state index contributed by atoms with van der Waals surface area (Å²) in [6.45, 7) is 5.68. The van der Waals surface area contributed by atoms with Crippen molar-refractivity contribution in [1.82, 2.24) is 10.2 Å². The SMILES string of the molecule is CC(C)(C)c1n[nH]c(=O)c(Cl)c1OCc1ccc(C(=O)OCCO)cc1. The molecule has 0 saturated carbocycles. The summed E-state index contributed by atoms with van der Waals surface area (Å²) in [7, 11) is 0. The molecule has 1 aromatic carbocycles. The molecule has 0 unspecified atom stereocenters. The van der Waals surface area contributed by atoms with Crippen LogP contribution in [-0.2, 0) is 16.8 Å². The summed E-state index contributed by atoms with van der Waals surface area (Å²) >= 11 is 6.10. The Morgan fingerprint density at radius 1 is 1.27 bits per heavy atom. The van der Waals surface area contributed by atoms with Crippen molar-refractivity contribution >= 4 is 17.6 Å². The Hall–Kier alpha value is -2.38. The van der Waals surface area contributed by atoms with Gasteiger partial charge in [-0.3, -0.25) is 4.79 Å². The van der Waals surface area contributed by atoms with Crippen LogP contribution in [0.1, 0.15) is 42.4 Å². The third-order valence-electron chi connectivity index (χ3n) is 3.49. The molecule has 2 aromatic rings. The Morgan fingerprint density at radius 2 is 1.92 bits per heavy atom. The van der Waals surface area contributed by atoms with Gasteiger partial charge in [-0.2, -0.15) is 5.10 Å². The highest BCUT2D eigenvalue weighted by Gasteiger charge is 2.25. The summed E-state index contributed by atoms with van der Waals surface area (Å²) in [4.78, 5) is 23.4. The third kappa shape index (κ3) is 4.83. The predicted octanol–water partition coefficient (Wildman–Crippen LogP) is 2.45. The standard InChI is InChI=1S/C18H21ClN2O5/c1-18(2,3)15-14(13(19)16(23)21-20-15)26-10-11-4-6-12(7-5-11)17(24)25-9-8-22/h4-7,22H,8-10H2,1-3H3,(H,21,23). The van der Waals surface area contributed by atoms with E-state index in [1.807, 2.05) is 20.8 Å². The van der Waals surface area contributed by atoms with Crippen molar-refractivity contribution in [3.63, 3.8) is 0 Å². The first-order chi connectivity index (χ1) is 12.2. The Bertz CT molecular complexity index is 825. The van der Waals surface area contributed by atoms with Crippen molar-refractivity contribution < 1.29 is 19.4 Å². The van der Waals surface area contributed by atoms with Crippen LogP contribution in [0, 0.1) is 0 Å². The monoisotopic (exact) mass is 380 g/mol. The number of aromatic nitrogens is 2. The van der Waals surface area contributed by atoms with Crippen molar-refractivity contribution in [2.45, 2.75) is 32.8 Å². The second-order valence-electron chi connectivity index (χ2n) is 6.64. The van der Waals surface area contributed by atoms with Gasteiger partial charge < -0.3 is 14.6 Å². The quantitative estimate of drug-likeness (QED) is 0.746. The van der Waals surface area contributed by atoms with Crippen LogP contribution in [-0.4, -0.2) is 34.5 Å². The number of esters is 1. The van der Waals surface area contributed by atoms with E-state index >= 15 is 0 Å². The molecule has 2 N–H and O–H groups in total. The fourth-order valence-electron chi connectivity index (χ4n) is 2.17. The van der Waals surface area contributed by atoms with Gasteiger partial charge in [-0.05, 0) is 17.7 Å². The minimum absolute atomic E-state index is 0.0471. The average molecular weight is 381 g/mol. The molecule has 26 heavy (non-hydrogen) atoms. The first-order valence-corrected chi connectivity index (χ1v) is 8.40. The molecule has 0 radical (unpaired) electrons. The molecule has 0 bridgehead atoms. The minimum Gasteiger partial charge on any atom is -0.485 e. The zero-order chi connectivity index (χ0) is 19.3. The fourth-order valence-corrected chi connectivity index (χ4v) is 2.35. The maximum atomic E-state index is 11.7. The number of hydrogen-bond donors (Lipinski definition) is 2. The Kier molecular flexibility index (Phi) is 6.39. The number of rotatable bonds is 6. The molecule has 0 aliphatic rings. The number of ether oxygens (including phenoxy) is 2. The van der Waals surface area contributed by atoms with Crippen LogP contribution in [0.5, 0.6) is 5.75 Å². The van der Waals surface area contributed by atoms with E-state index in [-0.39, 0.29) is 36.0 Å². The number of nitrogens with one attached hydrogen (secondary N) is 1. The minimum atomic E-state index is -0.517. The van der Waals surface area contributed by atoms with E-state index in [1.165, 1.54) is 0 Å². The van der Waals surface area contributed by atoms with Gasteiger partial charge in [-0.25, -0.2) is 9.89 Å². The summed E-state index contributed by atoms with van der Waals surface area (Å²) in [5.41, 5.74) is 0.806. The molecule has 140 valence electrons. The molecule has 0 spiro atoms. The van der Waals surface area contributed by atoms with Crippen molar-refractivity contribution in [3.05, 3.63) is 56.5 Å². The number of carbonyl (C=O) groups is 1. The smallest absolute Gasteiger partial charge is 0.338 e. The van der Waals surface area contributed by atoms with E-state index in [4.69, 9.17) is 26.2 Å². The van der Waals surface area contributed by atoms with E-state index in [1.54, 1.807) is 24.3 Å². The van der Waals surface area contributed by atoms with Crippen LogP contribution in [0.4, 0.5) is 0 Å². The van der Waals surface area contributed by atoms with Gasteiger partial charge in [0.05, 0.1) is 12.2 Å². The molecule has 8 heteroatoms. The largest absolute Gasteiger partial charge is 0.485 e. The van der Waals surface area contributed by atoms with Gasteiger partial charge in [0.25, 0.3) is 5.56 Å². The molecular weight excluding hydrogens is 360 g/mol. The van der Waals surface area contributed by atoms with Gasteiger partial charge in [0.2, 0.25) is 0 Å². The topological polar surface area (TPSA) is 102 Å². The molecule has 0 atom stereocenters. The summed E-state index contributed by atoms with van der Waals surface area (Å²) < 4.78 is 10.6. The third-order valence-corrected chi connectivity index (χ3v) is 3.83. The zero-order valence-corrected chi connectivity index (χ0v) is 15.6. The predicted molar refractivity (Wildman–Crippen MR) is 96.7 cm³/mol. The number of halogens is 1. The van der Waals surface area contributed by atoms with Gasteiger partial charge in [0.15, 0.2) is 10.8 Å². The molecule has 0 fully saturated rings. The lowest BCUT2D eigenvalue weighted by Gasteiger charge is -2.21. The second kappa shape index (κ2) is 8.33. The van der Waals surface area contributed by atoms with Gasteiger partial charge in [0, 0.05) is 5.41 Å². The molecule has 2 rings (SSSR count). The van der Waals surface area contributed by atoms with Gasteiger partial charge in [0.1, 0.15) is 18.9 Å². The van der Waals surface area contributed by atoms with Crippen LogP contribution in [0.2, 0.25) is 5.02 Å². The molecule has 0 saturated heterocycles. The highest BCUT2D eigenvalue weighted by atomic mass is 35.5. The van der Waals surface area contributed by atoms with Crippen molar-refractivity contribution in [2.75, 3.05) is 13.2 Å². The Labute approximate surface area is 155 Å². The molecule has 7 nitrogen and oxygen atoms in total. The van der Waals surface area contributed by atoms with Crippen molar-refractivity contribution in [1.29, 1.82) is 0 Å². The van der Waals surface area contributed by atoms with Crippen LogP contribution in [0.15, 0.2) is 29.1 Å². The lowest BCUT2D eigenvalue weighted by molar-refractivity contribution is 0.0433. The normalized spacial score (nSPS) is 11.3. The molecule has 1 heterocycles. The van der Waals surface area contributed by atoms with E-state index in [2.05, 4.69) is 10.2 Å². The first-order valence-electron chi connectivity index (χ1n) is 8.02. The second-order valence-corrected chi connectivity index (χ2v) is 7.02.